The summed E-state index contributed by atoms with van der Waals surface area (Å²) in [5, 5.41) is 5.38. The number of likely N-dealkylation sites (tertiary alicyclic amines) is 2. The number of hydrogen-bond acceptors (Lipinski definition) is 8. The maximum atomic E-state index is 13.6. The average Bonchev–Trinajstić information content (AvgIpc) is 4.00. The summed E-state index contributed by atoms with van der Waals surface area (Å²) in [6.07, 6.45) is 3.74. The van der Waals surface area contributed by atoms with Crippen LogP contribution in [-0.2, 0) is 19.1 Å². The van der Waals surface area contributed by atoms with Gasteiger partial charge in [0.05, 0.1) is 49.2 Å². The van der Waals surface area contributed by atoms with Gasteiger partial charge in [0.2, 0.25) is 11.8 Å². The van der Waals surface area contributed by atoms with Crippen LogP contribution >= 0.6 is 0 Å². The highest BCUT2D eigenvalue weighted by molar-refractivity contribution is 5.88. The number of ether oxygens (including phenoxy) is 2. The van der Waals surface area contributed by atoms with E-state index in [1.165, 1.54) is 14.2 Å². The van der Waals surface area contributed by atoms with Crippen LogP contribution in [0.5, 0.6) is 0 Å². The Labute approximate surface area is 315 Å². The molecule has 286 valence electrons. The van der Waals surface area contributed by atoms with E-state index in [2.05, 4.69) is 32.2 Å². The summed E-state index contributed by atoms with van der Waals surface area (Å²) in [6.45, 7) is 13.1. The van der Waals surface area contributed by atoms with E-state index in [4.69, 9.17) is 14.5 Å². The first kappa shape index (κ1) is 38.1. The summed E-state index contributed by atoms with van der Waals surface area (Å²) in [4.78, 5) is 71.1. The number of nitrogens with one attached hydrogen (secondary N) is 4. The molecule has 2 aliphatic heterocycles. The van der Waals surface area contributed by atoms with E-state index in [9.17, 15) is 19.2 Å². The highest BCUT2D eigenvalue weighted by atomic mass is 16.5. The summed E-state index contributed by atoms with van der Waals surface area (Å²) in [5.74, 6) is 0.894. The van der Waals surface area contributed by atoms with Gasteiger partial charge in [-0.15, -0.1) is 0 Å². The second-order valence-corrected chi connectivity index (χ2v) is 14.7. The summed E-state index contributed by atoms with van der Waals surface area (Å²) in [5.41, 5.74) is 6.15. The van der Waals surface area contributed by atoms with E-state index >= 15 is 0 Å². The molecule has 54 heavy (non-hydrogen) atoms. The molecule has 2 aromatic heterocycles. The van der Waals surface area contributed by atoms with Crippen molar-refractivity contribution in [3.63, 3.8) is 0 Å². The number of carbonyl (C=O) groups excluding carboxylic acids is 4. The van der Waals surface area contributed by atoms with E-state index < -0.39 is 24.3 Å². The van der Waals surface area contributed by atoms with Crippen LogP contribution in [-0.4, -0.2) is 93.1 Å². The van der Waals surface area contributed by atoms with E-state index in [1.54, 1.807) is 16.0 Å². The number of hydrogen-bond donors (Lipinski definition) is 4. The van der Waals surface area contributed by atoms with E-state index in [1.807, 2.05) is 70.2 Å². The van der Waals surface area contributed by atoms with Gasteiger partial charge in [-0.3, -0.25) is 9.59 Å². The zero-order chi connectivity index (χ0) is 38.7. The van der Waals surface area contributed by atoms with Crippen molar-refractivity contribution in [3.05, 3.63) is 78.0 Å². The highest BCUT2D eigenvalue weighted by Gasteiger charge is 2.39. The number of aromatic amines is 2. The first-order valence-corrected chi connectivity index (χ1v) is 18.5. The number of methoxy groups -OCH3 is 2. The minimum Gasteiger partial charge on any atom is -0.453 e. The SMILES string of the molecule is C=C(c1ccc(-c2cnc(C3CCCN3C(=O)[C@@H](NC(=O)OC)C(C)C)[nH]2)cc1)c1ccc2nc([C@@H]3CCCN3C(=O)[C@@H](NC(=O)OC)C(C)C)[nH]c2c1. The molecule has 2 aliphatic rings. The molecule has 4 atom stereocenters. The smallest absolute Gasteiger partial charge is 0.407 e. The third kappa shape index (κ3) is 7.82. The quantitative estimate of drug-likeness (QED) is 0.143. The normalized spacial score (nSPS) is 18.2. The van der Waals surface area contributed by atoms with Crippen LogP contribution in [0.3, 0.4) is 0 Å². The molecule has 0 aliphatic carbocycles. The standard InChI is InChI=1S/C40H50N8O6/c1-22(2)33(45-39(51)53-6)37(49)47-18-8-10-31(47)35-41-21-30(44-35)26-14-12-25(13-15-26)24(5)27-16-17-28-29(20-27)43-36(42-28)32-11-9-19-48(32)38(50)34(23(3)4)46-40(52)54-7/h12-17,20-23,31-34H,5,8-11,18-19H2,1-4,6-7H3,(H,41,44)(H,42,43)(H,45,51)(H,46,52)/t31?,32-,33-,34-/m0/s1. The first-order valence-electron chi connectivity index (χ1n) is 18.5. The van der Waals surface area contributed by atoms with E-state index in [0.29, 0.717) is 24.7 Å². The fourth-order valence-corrected chi connectivity index (χ4v) is 7.43. The number of fused-ring (bicyclic) bond motifs is 1. The number of alkyl carbamates (subject to hydrolysis) is 2. The Bertz CT molecular complexity index is 2020. The third-order valence-electron chi connectivity index (χ3n) is 10.5. The molecule has 6 rings (SSSR count). The molecule has 0 saturated carbocycles. The zero-order valence-corrected chi connectivity index (χ0v) is 31.8. The van der Waals surface area contributed by atoms with Gasteiger partial charge in [0.25, 0.3) is 0 Å². The van der Waals surface area contributed by atoms with Crippen LogP contribution in [0.2, 0.25) is 0 Å². The fourth-order valence-electron chi connectivity index (χ4n) is 7.43. The fraction of sp³-hybridized carbons (Fsp3) is 0.450. The Morgan fingerprint density at radius 3 is 1.85 bits per heavy atom. The third-order valence-corrected chi connectivity index (χ3v) is 10.5. The Kier molecular flexibility index (Phi) is 11.4. The molecule has 4 N–H and O–H groups in total. The van der Waals surface area contributed by atoms with Gasteiger partial charge in [0.15, 0.2) is 0 Å². The highest BCUT2D eigenvalue weighted by Crippen LogP contribution is 2.35. The average molecular weight is 739 g/mol. The minimum atomic E-state index is -0.701. The minimum absolute atomic E-state index is 0.112. The predicted octanol–water partition coefficient (Wildman–Crippen LogP) is 6.10. The number of H-pyrrole nitrogens is 2. The summed E-state index contributed by atoms with van der Waals surface area (Å²) < 4.78 is 9.51. The number of carbonyl (C=O) groups is 4. The van der Waals surface area contributed by atoms with Crippen LogP contribution in [0.15, 0.2) is 55.2 Å². The van der Waals surface area contributed by atoms with Gasteiger partial charge in [0, 0.05) is 13.1 Å². The zero-order valence-electron chi connectivity index (χ0n) is 31.8. The lowest BCUT2D eigenvalue weighted by Crippen LogP contribution is -2.51. The van der Waals surface area contributed by atoms with Crippen molar-refractivity contribution in [2.45, 2.75) is 77.5 Å². The van der Waals surface area contributed by atoms with Gasteiger partial charge < -0.3 is 39.9 Å². The number of amides is 4. The molecular weight excluding hydrogens is 688 g/mol. The molecule has 1 unspecified atom stereocenters. The molecule has 2 saturated heterocycles. The van der Waals surface area contributed by atoms with Gasteiger partial charge in [0.1, 0.15) is 23.7 Å². The van der Waals surface area contributed by atoms with Crippen molar-refractivity contribution in [3.8, 4) is 11.3 Å². The lowest BCUT2D eigenvalue weighted by molar-refractivity contribution is -0.136. The maximum absolute atomic E-state index is 13.6. The number of aromatic nitrogens is 4. The molecule has 2 aromatic carbocycles. The van der Waals surface area contributed by atoms with Gasteiger partial charge in [-0.2, -0.15) is 0 Å². The van der Waals surface area contributed by atoms with Crippen LogP contribution in [0.4, 0.5) is 9.59 Å². The van der Waals surface area contributed by atoms with E-state index in [-0.39, 0.29) is 35.7 Å². The second kappa shape index (κ2) is 16.1. The first-order chi connectivity index (χ1) is 25.9. The topological polar surface area (TPSA) is 175 Å². The monoisotopic (exact) mass is 738 g/mol. The molecule has 4 aromatic rings. The molecule has 0 spiro atoms. The molecule has 14 nitrogen and oxygen atoms in total. The van der Waals surface area contributed by atoms with Crippen LogP contribution in [0, 0.1) is 11.8 Å². The Balaban J connectivity index is 1.14. The molecule has 0 bridgehead atoms. The number of nitrogens with zero attached hydrogens (tertiary/aromatic N) is 4. The lowest BCUT2D eigenvalue weighted by atomic mass is 9.98. The Hall–Kier alpha value is -5.66. The van der Waals surface area contributed by atoms with Crippen molar-refractivity contribution in [2.24, 2.45) is 11.8 Å². The predicted molar refractivity (Wildman–Crippen MR) is 204 cm³/mol. The van der Waals surface area contributed by atoms with Gasteiger partial charge >= 0.3 is 12.2 Å². The summed E-state index contributed by atoms with van der Waals surface area (Å²) in [6, 6.07) is 12.2. The molecule has 4 amide bonds. The van der Waals surface area contributed by atoms with Crippen LogP contribution in [0.25, 0.3) is 27.9 Å². The summed E-state index contributed by atoms with van der Waals surface area (Å²) >= 11 is 0. The van der Waals surface area contributed by atoms with Gasteiger partial charge in [-0.25, -0.2) is 19.6 Å². The van der Waals surface area contributed by atoms with Crippen LogP contribution < -0.4 is 10.6 Å². The number of rotatable bonds is 11. The van der Waals surface area contributed by atoms with Crippen LogP contribution in [0.1, 0.15) is 88.2 Å². The Morgan fingerprint density at radius 2 is 1.31 bits per heavy atom. The lowest BCUT2D eigenvalue weighted by Gasteiger charge is -2.30. The van der Waals surface area contributed by atoms with Gasteiger partial charge in [-0.1, -0.05) is 64.6 Å². The van der Waals surface area contributed by atoms with E-state index in [0.717, 1.165) is 64.7 Å². The summed E-state index contributed by atoms with van der Waals surface area (Å²) in [7, 11) is 2.57. The van der Waals surface area contributed by atoms with Crippen molar-refractivity contribution < 1.29 is 28.7 Å². The molecule has 2 fully saturated rings. The second-order valence-electron chi connectivity index (χ2n) is 14.7. The number of benzene rings is 2. The molecule has 14 heteroatoms. The van der Waals surface area contributed by atoms with Crippen molar-refractivity contribution >= 4 is 40.6 Å². The Morgan fingerprint density at radius 1 is 0.778 bits per heavy atom. The van der Waals surface area contributed by atoms with Gasteiger partial charge in [-0.05, 0) is 71.9 Å². The van der Waals surface area contributed by atoms with Crippen molar-refractivity contribution in [1.29, 1.82) is 0 Å². The maximum Gasteiger partial charge on any atom is 0.407 e. The number of imidazole rings is 2. The molecular formula is C40H50N8O6. The molecule has 4 heterocycles. The molecule has 0 radical (unpaired) electrons. The van der Waals surface area contributed by atoms with Crippen molar-refractivity contribution in [2.75, 3.05) is 27.3 Å². The largest absolute Gasteiger partial charge is 0.453 e. The van der Waals surface area contributed by atoms with Crippen molar-refractivity contribution in [1.82, 2.24) is 40.4 Å².